The quantitative estimate of drug-likeness (QED) is 0.467. The van der Waals surface area contributed by atoms with Crippen LogP contribution in [0.4, 0.5) is 11.4 Å². The molecule has 0 atom stereocenters. The number of hydrogen-bond acceptors (Lipinski definition) is 2. The van der Waals surface area contributed by atoms with E-state index in [0.29, 0.717) is 31.5 Å². The van der Waals surface area contributed by atoms with E-state index in [4.69, 9.17) is 57.9 Å². The summed E-state index contributed by atoms with van der Waals surface area (Å²) in [4.78, 5) is 0. The maximum Gasteiger partial charge on any atom is 0.168 e. The minimum atomic E-state index is 0.144. The lowest BCUT2D eigenvalue weighted by molar-refractivity contribution is 1.60. The van der Waals surface area contributed by atoms with Crippen LogP contribution < -0.4 is 16.8 Å². The van der Waals surface area contributed by atoms with Crippen LogP contribution in [0.15, 0.2) is 36.4 Å². The van der Waals surface area contributed by atoms with Gasteiger partial charge in [0.25, 0.3) is 0 Å². The number of para-hydroxylation sites is 2. The SMILES string of the molecule is NC(=S)Nc1c(Cl)cccc1Cl.Nc1c(Cl)cccc1Cl. The van der Waals surface area contributed by atoms with Crippen LogP contribution in [0.3, 0.4) is 0 Å². The molecule has 21 heavy (non-hydrogen) atoms. The Morgan fingerprint density at radius 3 is 1.57 bits per heavy atom. The van der Waals surface area contributed by atoms with Crippen molar-refractivity contribution in [2.45, 2.75) is 0 Å². The van der Waals surface area contributed by atoms with Gasteiger partial charge in [0, 0.05) is 0 Å². The Labute approximate surface area is 148 Å². The molecule has 0 aliphatic rings. The van der Waals surface area contributed by atoms with Crippen molar-refractivity contribution in [2.75, 3.05) is 11.1 Å². The molecule has 0 bridgehead atoms. The zero-order valence-corrected chi connectivity index (χ0v) is 14.4. The fourth-order valence-electron chi connectivity index (χ4n) is 1.25. The Hall–Kier alpha value is -0.910. The molecule has 112 valence electrons. The maximum absolute atomic E-state index is 5.81. The molecule has 0 spiro atoms. The third-order valence-corrected chi connectivity index (χ3v) is 3.60. The van der Waals surface area contributed by atoms with E-state index in [9.17, 15) is 0 Å². The van der Waals surface area contributed by atoms with Crippen LogP contribution >= 0.6 is 58.6 Å². The number of rotatable bonds is 1. The molecule has 0 unspecified atom stereocenters. The molecular weight excluding hydrogens is 372 g/mol. The Morgan fingerprint density at radius 1 is 0.857 bits per heavy atom. The average molecular weight is 383 g/mol. The summed E-state index contributed by atoms with van der Waals surface area (Å²) >= 11 is 27.5. The molecule has 0 heterocycles. The van der Waals surface area contributed by atoms with Crippen molar-refractivity contribution in [3.05, 3.63) is 56.5 Å². The van der Waals surface area contributed by atoms with E-state index in [0.717, 1.165) is 0 Å². The molecule has 2 rings (SSSR count). The van der Waals surface area contributed by atoms with Crippen LogP contribution in [0, 0.1) is 0 Å². The number of nitrogens with two attached hydrogens (primary N) is 2. The number of hydrogen-bond donors (Lipinski definition) is 3. The van der Waals surface area contributed by atoms with Gasteiger partial charge in [0.2, 0.25) is 0 Å². The molecule has 0 saturated heterocycles. The van der Waals surface area contributed by atoms with E-state index in [-0.39, 0.29) is 5.11 Å². The summed E-state index contributed by atoms with van der Waals surface area (Å²) in [7, 11) is 0. The Kier molecular flexibility index (Phi) is 7.35. The largest absolute Gasteiger partial charge is 0.396 e. The summed E-state index contributed by atoms with van der Waals surface area (Å²) in [5.74, 6) is 0. The second-order valence-electron chi connectivity index (χ2n) is 3.72. The molecule has 5 N–H and O–H groups in total. The van der Waals surface area contributed by atoms with Crippen LogP contribution in [-0.2, 0) is 0 Å². The summed E-state index contributed by atoms with van der Waals surface area (Å²) in [6.45, 7) is 0. The van der Waals surface area contributed by atoms with Gasteiger partial charge in [-0.15, -0.1) is 0 Å². The fraction of sp³-hybridized carbons (Fsp3) is 0. The van der Waals surface area contributed by atoms with Crippen LogP contribution in [0.1, 0.15) is 0 Å². The van der Waals surface area contributed by atoms with E-state index in [2.05, 4.69) is 17.5 Å². The summed E-state index contributed by atoms with van der Waals surface area (Å²) in [6, 6.07) is 10.3. The van der Waals surface area contributed by atoms with Gasteiger partial charge in [-0.05, 0) is 36.5 Å². The lowest BCUT2D eigenvalue weighted by Crippen LogP contribution is -2.19. The van der Waals surface area contributed by atoms with E-state index in [1.807, 2.05) is 0 Å². The zero-order valence-electron chi connectivity index (χ0n) is 10.5. The van der Waals surface area contributed by atoms with Crippen molar-refractivity contribution in [1.82, 2.24) is 0 Å². The van der Waals surface area contributed by atoms with Gasteiger partial charge in [-0.25, -0.2) is 0 Å². The van der Waals surface area contributed by atoms with Crippen LogP contribution in [0.25, 0.3) is 0 Å². The van der Waals surface area contributed by atoms with Crippen LogP contribution in [0.5, 0.6) is 0 Å². The lowest BCUT2D eigenvalue weighted by Gasteiger charge is -2.07. The molecule has 2 aromatic rings. The number of thiocarbonyl (C=S) groups is 1. The molecule has 0 saturated carbocycles. The van der Waals surface area contributed by atoms with Gasteiger partial charge in [-0.1, -0.05) is 58.5 Å². The third-order valence-electron chi connectivity index (χ3n) is 2.21. The predicted molar refractivity (Wildman–Crippen MR) is 97.7 cm³/mol. The highest BCUT2D eigenvalue weighted by Crippen LogP contribution is 2.29. The van der Waals surface area contributed by atoms with Crippen molar-refractivity contribution in [2.24, 2.45) is 5.73 Å². The first kappa shape index (κ1) is 18.1. The standard InChI is InChI=1S/C7H6Cl2N2S.C6H5Cl2N/c8-4-2-1-3-5(9)6(4)11-7(10)12;7-4-2-1-3-5(8)6(4)9/h1-3H,(H3,10,11,12);1-3H,9H2. The topological polar surface area (TPSA) is 64.1 Å². The summed E-state index contributed by atoms with van der Waals surface area (Å²) in [6.07, 6.45) is 0. The Bertz CT molecular complexity index is 609. The van der Waals surface area contributed by atoms with Gasteiger partial charge in [0.15, 0.2) is 5.11 Å². The lowest BCUT2D eigenvalue weighted by atomic mass is 10.3. The highest BCUT2D eigenvalue weighted by Gasteiger charge is 2.04. The predicted octanol–water partition coefficient (Wildman–Crippen LogP) is 5.22. The van der Waals surface area contributed by atoms with Gasteiger partial charge in [-0.2, -0.15) is 0 Å². The molecule has 3 nitrogen and oxygen atoms in total. The number of benzene rings is 2. The van der Waals surface area contributed by atoms with E-state index >= 15 is 0 Å². The molecule has 0 fully saturated rings. The van der Waals surface area contributed by atoms with Crippen molar-refractivity contribution in [1.29, 1.82) is 0 Å². The Balaban J connectivity index is 0.000000219. The highest BCUT2D eigenvalue weighted by molar-refractivity contribution is 7.80. The van der Waals surface area contributed by atoms with Crippen molar-refractivity contribution >= 4 is 75.1 Å². The molecule has 0 amide bonds. The van der Waals surface area contributed by atoms with Crippen molar-refractivity contribution < 1.29 is 0 Å². The van der Waals surface area contributed by atoms with E-state index < -0.39 is 0 Å². The summed E-state index contributed by atoms with van der Waals surface area (Å²) < 4.78 is 0. The highest BCUT2D eigenvalue weighted by atomic mass is 35.5. The number of halogens is 4. The number of nitrogens with one attached hydrogen (secondary N) is 1. The minimum Gasteiger partial charge on any atom is -0.396 e. The molecule has 0 radical (unpaired) electrons. The second-order valence-corrected chi connectivity index (χ2v) is 5.79. The summed E-state index contributed by atoms with van der Waals surface area (Å²) in [5.41, 5.74) is 11.7. The second kappa shape index (κ2) is 8.51. The van der Waals surface area contributed by atoms with Gasteiger partial charge < -0.3 is 16.8 Å². The van der Waals surface area contributed by atoms with Gasteiger partial charge >= 0.3 is 0 Å². The van der Waals surface area contributed by atoms with Gasteiger partial charge in [-0.3, -0.25) is 0 Å². The number of anilines is 2. The average Bonchev–Trinajstić information content (AvgIpc) is 2.41. The number of nitrogen functional groups attached to an aromatic ring is 1. The van der Waals surface area contributed by atoms with Crippen molar-refractivity contribution in [3.8, 4) is 0 Å². The molecule has 0 aliphatic heterocycles. The molecule has 0 aliphatic carbocycles. The first-order valence-electron chi connectivity index (χ1n) is 5.53. The first-order valence-corrected chi connectivity index (χ1v) is 7.45. The molecule has 8 heteroatoms. The molecular formula is C13H11Cl4N3S. The van der Waals surface area contributed by atoms with Crippen LogP contribution in [0.2, 0.25) is 20.1 Å². The van der Waals surface area contributed by atoms with Gasteiger partial charge in [0.05, 0.1) is 31.5 Å². The fourth-order valence-corrected chi connectivity index (χ4v) is 2.24. The maximum atomic E-state index is 5.81. The van der Waals surface area contributed by atoms with Crippen LogP contribution in [-0.4, -0.2) is 5.11 Å². The molecule has 0 aromatic heterocycles. The summed E-state index contributed by atoms with van der Waals surface area (Å²) in [5, 5.41) is 4.83. The zero-order chi connectivity index (χ0) is 16.0. The first-order chi connectivity index (χ1) is 9.82. The van der Waals surface area contributed by atoms with Gasteiger partial charge in [0.1, 0.15) is 0 Å². The monoisotopic (exact) mass is 381 g/mol. The smallest absolute Gasteiger partial charge is 0.168 e. The normalized spacial score (nSPS) is 9.52. The Morgan fingerprint density at radius 2 is 1.24 bits per heavy atom. The van der Waals surface area contributed by atoms with Crippen molar-refractivity contribution in [3.63, 3.8) is 0 Å². The van der Waals surface area contributed by atoms with E-state index in [1.165, 1.54) is 0 Å². The third kappa shape index (κ3) is 5.77. The minimum absolute atomic E-state index is 0.144. The van der Waals surface area contributed by atoms with E-state index in [1.54, 1.807) is 36.4 Å². The molecule has 2 aromatic carbocycles.